The van der Waals surface area contributed by atoms with Crippen LogP contribution in [0, 0.1) is 17.2 Å². The van der Waals surface area contributed by atoms with Crippen molar-refractivity contribution in [1.82, 2.24) is 35.0 Å². The largest absolute Gasteiger partial charge is 0.348 e. The van der Waals surface area contributed by atoms with E-state index in [4.69, 9.17) is 5.10 Å². The third kappa shape index (κ3) is 4.33. The molecule has 1 unspecified atom stereocenters. The average molecular weight is 494 g/mol. The van der Waals surface area contributed by atoms with E-state index in [1.807, 2.05) is 59.5 Å². The topological polar surface area (TPSA) is 128 Å². The molecule has 0 aromatic carbocycles. The van der Waals surface area contributed by atoms with Crippen molar-refractivity contribution in [3.8, 4) is 17.2 Å². The van der Waals surface area contributed by atoms with E-state index >= 15 is 0 Å². The van der Waals surface area contributed by atoms with Crippen molar-refractivity contribution in [2.24, 2.45) is 5.92 Å². The van der Waals surface area contributed by atoms with Crippen molar-refractivity contribution in [3.63, 3.8) is 0 Å². The second kappa shape index (κ2) is 9.17. The zero-order valence-corrected chi connectivity index (χ0v) is 20.5. The van der Waals surface area contributed by atoms with Gasteiger partial charge in [0.1, 0.15) is 11.3 Å². The summed E-state index contributed by atoms with van der Waals surface area (Å²) in [6.07, 6.45) is 17.8. The van der Waals surface area contributed by atoms with Gasteiger partial charge in [-0.1, -0.05) is 6.08 Å². The van der Waals surface area contributed by atoms with Crippen LogP contribution in [0.1, 0.15) is 43.1 Å². The van der Waals surface area contributed by atoms with Crippen molar-refractivity contribution >= 4 is 22.8 Å². The van der Waals surface area contributed by atoms with Crippen LogP contribution < -0.4 is 10.2 Å². The minimum absolute atomic E-state index is 0.144. The molecule has 0 radical (unpaired) electrons. The molecule has 0 saturated heterocycles. The first kappa shape index (κ1) is 22.9. The van der Waals surface area contributed by atoms with Crippen molar-refractivity contribution < 1.29 is 4.79 Å². The number of allylic oxidation sites excluding steroid dienone is 1. The number of aromatic nitrogens is 6. The van der Waals surface area contributed by atoms with Gasteiger partial charge in [0.15, 0.2) is 5.82 Å². The first-order chi connectivity index (χ1) is 18.1. The number of pyridine rings is 1. The molecule has 2 aliphatic rings. The van der Waals surface area contributed by atoms with Gasteiger partial charge in [0.05, 0.1) is 43.2 Å². The van der Waals surface area contributed by atoms with Gasteiger partial charge in [-0.25, -0.2) is 15.0 Å². The summed E-state index contributed by atoms with van der Waals surface area (Å²) in [5.41, 5.74) is 2.53. The van der Waals surface area contributed by atoms with Crippen LogP contribution in [-0.4, -0.2) is 48.2 Å². The number of nitriles is 1. The van der Waals surface area contributed by atoms with Gasteiger partial charge in [-0.05, 0) is 49.8 Å². The number of hydrogen-bond acceptors (Lipinski definition) is 7. The van der Waals surface area contributed by atoms with E-state index in [0.29, 0.717) is 30.4 Å². The van der Waals surface area contributed by atoms with E-state index in [1.54, 1.807) is 12.4 Å². The number of rotatable bonds is 7. The quantitative estimate of drug-likeness (QED) is 0.401. The monoisotopic (exact) mass is 493 g/mol. The lowest BCUT2D eigenvalue weighted by molar-refractivity contribution is 0.0930. The van der Waals surface area contributed by atoms with Gasteiger partial charge in [0, 0.05) is 41.8 Å². The van der Waals surface area contributed by atoms with Crippen LogP contribution in [-0.2, 0) is 5.54 Å². The molecule has 1 aliphatic carbocycles. The molecule has 4 aromatic heterocycles. The predicted octanol–water partition coefficient (Wildman–Crippen LogP) is 3.78. The fourth-order valence-electron chi connectivity index (χ4n) is 5.03. The van der Waals surface area contributed by atoms with Crippen LogP contribution in [0.5, 0.6) is 0 Å². The summed E-state index contributed by atoms with van der Waals surface area (Å²) in [6.45, 7) is 2.52. The molecular weight excluding hydrogens is 466 g/mol. The van der Waals surface area contributed by atoms with Gasteiger partial charge in [0.2, 0.25) is 0 Å². The van der Waals surface area contributed by atoms with Gasteiger partial charge in [-0.3, -0.25) is 9.48 Å². The molecule has 1 amide bonds. The van der Waals surface area contributed by atoms with E-state index in [1.165, 1.54) is 6.20 Å². The van der Waals surface area contributed by atoms with E-state index in [0.717, 1.165) is 35.0 Å². The molecule has 1 fully saturated rings. The van der Waals surface area contributed by atoms with Crippen molar-refractivity contribution in [3.05, 3.63) is 67.3 Å². The number of hydrogen-bond donors (Lipinski definition) is 2. The summed E-state index contributed by atoms with van der Waals surface area (Å²) in [6, 6.07) is 6.47. The molecule has 0 bridgehead atoms. The summed E-state index contributed by atoms with van der Waals surface area (Å²) in [4.78, 5) is 30.9. The lowest BCUT2D eigenvalue weighted by Crippen LogP contribution is -2.46. The zero-order valence-electron chi connectivity index (χ0n) is 20.5. The average Bonchev–Trinajstić information content (AvgIpc) is 3.45. The zero-order chi connectivity index (χ0) is 25.4. The minimum Gasteiger partial charge on any atom is -0.348 e. The highest BCUT2D eigenvalue weighted by atomic mass is 16.1. The molecule has 10 nitrogen and oxygen atoms in total. The lowest BCUT2D eigenvalue weighted by Gasteiger charge is -2.38. The van der Waals surface area contributed by atoms with E-state index in [2.05, 4.69) is 31.3 Å². The highest BCUT2D eigenvalue weighted by Crippen LogP contribution is 2.35. The summed E-state index contributed by atoms with van der Waals surface area (Å²) in [5.74, 6) is 0.974. The number of anilines is 1. The van der Waals surface area contributed by atoms with Crippen LogP contribution >= 0.6 is 0 Å². The highest BCUT2D eigenvalue weighted by molar-refractivity contribution is 5.93. The number of nitrogens with one attached hydrogen (secondary N) is 2. The lowest BCUT2D eigenvalue weighted by atomic mass is 9.89. The molecule has 186 valence electrons. The minimum atomic E-state index is -0.580. The molecule has 37 heavy (non-hydrogen) atoms. The number of carbonyl (C=O) groups excluding carboxylic acids is 1. The Hall–Kier alpha value is -4.52. The Kier molecular flexibility index (Phi) is 5.68. The third-order valence-electron chi connectivity index (χ3n) is 7.35. The Morgan fingerprint density at radius 3 is 2.95 bits per heavy atom. The molecule has 2 N–H and O–H groups in total. The maximum atomic E-state index is 12.5. The highest BCUT2D eigenvalue weighted by Gasteiger charge is 2.37. The standard InChI is InChI=1S/C27H27N9O/c1-18(19-3-4-19)34-26(37)23-14-32-24(15-31-23)35-12-2-7-27(17-35,8-9-28)36-16-20(13-33-36)21-5-10-29-25-22(21)6-11-30-25/h2,5-6,10-16,18-19H,3-4,7-8,17H2,1H3,(H,29,30)(H,34,37)/t18-,27?/m0/s1. The molecule has 6 rings (SSSR count). The maximum absolute atomic E-state index is 12.5. The second-order valence-corrected chi connectivity index (χ2v) is 9.91. The third-order valence-corrected chi connectivity index (χ3v) is 7.35. The maximum Gasteiger partial charge on any atom is 0.271 e. The van der Waals surface area contributed by atoms with Crippen LogP contribution in [0.3, 0.4) is 0 Å². The van der Waals surface area contributed by atoms with E-state index in [-0.39, 0.29) is 18.4 Å². The molecule has 1 saturated carbocycles. The smallest absolute Gasteiger partial charge is 0.271 e. The van der Waals surface area contributed by atoms with Gasteiger partial charge in [-0.2, -0.15) is 10.4 Å². The molecule has 1 aliphatic heterocycles. The Balaban J connectivity index is 1.24. The van der Waals surface area contributed by atoms with Gasteiger partial charge < -0.3 is 15.2 Å². The van der Waals surface area contributed by atoms with Gasteiger partial charge in [0.25, 0.3) is 5.91 Å². The molecule has 5 heterocycles. The molecule has 2 atom stereocenters. The summed E-state index contributed by atoms with van der Waals surface area (Å²) >= 11 is 0. The van der Waals surface area contributed by atoms with Crippen LogP contribution in [0.25, 0.3) is 22.2 Å². The van der Waals surface area contributed by atoms with Crippen molar-refractivity contribution in [2.45, 2.75) is 44.2 Å². The summed E-state index contributed by atoms with van der Waals surface area (Å²) < 4.78 is 1.90. The predicted molar refractivity (Wildman–Crippen MR) is 138 cm³/mol. The van der Waals surface area contributed by atoms with Crippen LogP contribution in [0.15, 0.2) is 61.6 Å². The Morgan fingerprint density at radius 1 is 1.27 bits per heavy atom. The number of amides is 1. The summed E-state index contributed by atoms with van der Waals surface area (Å²) in [5, 5.41) is 18.5. The number of carbonyl (C=O) groups is 1. The second-order valence-electron chi connectivity index (χ2n) is 9.91. The molecule has 4 aromatic rings. The van der Waals surface area contributed by atoms with Gasteiger partial charge in [-0.15, -0.1) is 0 Å². The fourth-order valence-corrected chi connectivity index (χ4v) is 5.03. The fraction of sp³-hybridized carbons (Fsp3) is 0.333. The van der Waals surface area contributed by atoms with Crippen molar-refractivity contribution in [2.75, 3.05) is 11.4 Å². The van der Waals surface area contributed by atoms with E-state index in [9.17, 15) is 10.1 Å². The van der Waals surface area contributed by atoms with Crippen molar-refractivity contribution in [1.29, 1.82) is 5.26 Å². The summed E-state index contributed by atoms with van der Waals surface area (Å²) in [7, 11) is 0. The Labute approximate surface area is 214 Å². The number of nitrogens with zero attached hydrogens (tertiary/aromatic N) is 7. The SMILES string of the molecule is C[C@H](NC(=O)c1cnc(N2C=CCC(CC#N)(n3cc(-c4ccnc5[nH]ccc45)cn3)C2)cn1)C1CC1. The number of aromatic amines is 1. The van der Waals surface area contributed by atoms with Crippen LogP contribution in [0.2, 0.25) is 0 Å². The van der Waals surface area contributed by atoms with E-state index < -0.39 is 5.54 Å². The first-order valence-electron chi connectivity index (χ1n) is 12.5. The first-order valence-corrected chi connectivity index (χ1v) is 12.5. The normalized spacial score (nSPS) is 20.1. The Morgan fingerprint density at radius 2 is 2.16 bits per heavy atom. The molecular formula is C27H27N9O. The molecule has 10 heteroatoms. The number of fused-ring (bicyclic) bond motifs is 1. The molecule has 0 spiro atoms. The Bertz CT molecular complexity index is 1510. The van der Waals surface area contributed by atoms with Crippen LogP contribution in [0.4, 0.5) is 5.82 Å². The van der Waals surface area contributed by atoms with Gasteiger partial charge >= 0.3 is 0 Å². The number of H-pyrrole nitrogens is 1.